The van der Waals surface area contributed by atoms with E-state index in [2.05, 4.69) is 18.3 Å². The van der Waals surface area contributed by atoms with Crippen molar-refractivity contribution in [2.45, 2.75) is 38.0 Å². The highest BCUT2D eigenvalue weighted by Gasteiger charge is 2.39. The third-order valence-corrected chi connectivity index (χ3v) is 8.62. The van der Waals surface area contributed by atoms with Crippen molar-refractivity contribution in [3.63, 3.8) is 0 Å². The van der Waals surface area contributed by atoms with Crippen LogP contribution >= 0.6 is 11.8 Å². The zero-order valence-corrected chi connectivity index (χ0v) is 23.7. The number of fused-ring (bicyclic) bond motifs is 1. The van der Waals surface area contributed by atoms with Crippen LogP contribution in [-0.4, -0.2) is 47.0 Å². The van der Waals surface area contributed by atoms with E-state index in [1.54, 1.807) is 23.8 Å². The Labute approximate surface area is 238 Å². The second-order valence-electron chi connectivity index (χ2n) is 10.4. The molecule has 1 atom stereocenters. The van der Waals surface area contributed by atoms with Gasteiger partial charge in [0.05, 0.1) is 29.5 Å². The number of thioether (sulfide) groups is 1. The van der Waals surface area contributed by atoms with E-state index in [1.165, 1.54) is 0 Å². The number of anilines is 1. The van der Waals surface area contributed by atoms with Crippen molar-refractivity contribution in [3.8, 4) is 22.7 Å². The van der Waals surface area contributed by atoms with Crippen LogP contribution < -0.4 is 15.0 Å². The molecule has 2 heterocycles. The second kappa shape index (κ2) is 10.8. The maximum Gasteiger partial charge on any atom is 0.240 e. The van der Waals surface area contributed by atoms with Gasteiger partial charge in [-0.15, -0.1) is 11.8 Å². The third kappa shape index (κ3) is 4.99. The average Bonchev–Trinajstić information content (AvgIpc) is 3.71. The number of benzene rings is 3. The van der Waals surface area contributed by atoms with Crippen molar-refractivity contribution in [1.29, 1.82) is 0 Å². The molecular formula is C32H32N4O3S. The first-order chi connectivity index (χ1) is 19.4. The van der Waals surface area contributed by atoms with Crippen molar-refractivity contribution in [2.75, 3.05) is 24.3 Å². The molecule has 1 aliphatic heterocycles. The van der Waals surface area contributed by atoms with Crippen molar-refractivity contribution in [1.82, 2.24) is 15.1 Å². The molecule has 2 aliphatic rings. The summed E-state index contributed by atoms with van der Waals surface area (Å²) in [6, 6.07) is 24.4. The maximum absolute atomic E-state index is 13.9. The van der Waals surface area contributed by atoms with Gasteiger partial charge in [-0.25, -0.2) is 4.68 Å². The van der Waals surface area contributed by atoms with Crippen LogP contribution in [0.4, 0.5) is 5.82 Å². The Hall–Kier alpha value is -4.04. The standard InChI is InChI=1S/C32H32N4O3S/c1-20-13-16-25(21(2)17-20)36-32-29(30(34-36)22-9-5-4-6-10-22)31(24-11-7-8-12-26(24)39-3)40-19-28(38)35(32)18-27(37)33-23-14-15-23/h4-13,16-17,23,31H,14-15,18-19H2,1-3H3,(H,33,37)/t31-/m1/s1. The van der Waals surface area contributed by atoms with Crippen LogP contribution in [0.2, 0.25) is 0 Å². The number of carbonyl (C=O) groups is 2. The summed E-state index contributed by atoms with van der Waals surface area (Å²) in [5.41, 5.74) is 6.62. The van der Waals surface area contributed by atoms with Crippen LogP contribution in [0, 0.1) is 13.8 Å². The largest absolute Gasteiger partial charge is 0.496 e. The SMILES string of the molecule is COc1ccccc1[C@H]1SCC(=O)N(CC(=O)NC2CC2)c2c1c(-c1ccccc1)nn2-c1ccc(C)cc1C. The molecular weight excluding hydrogens is 520 g/mol. The number of nitrogens with zero attached hydrogens (tertiary/aromatic N) is 3. The van der Waals surface area contributed by atoms with E-state index in [4.69, 9.17) is 9.84 Å². The van der Waals surface area contributed by atoms with E-state index in [0.717, 1.165) is 57.8 Å². The topological polar surface area (TPSA) is 76.5 Å². The Balaban J connectivity index is 1.64. The molecule has 8 heteroatoms. The summed E-state index contributed by atoms with van der Waals surface area (Å²) in [4.78, 5) is 28.7. The summed E-state index contributed by atoms with van der Waals surface area (Å²) in [5, 5.41) is 8.01. The zero-order valence-electron chi connectivity index (χ0n) is 22.9. The van der Waals surface area contributed by atoms with E-state index in [1.807, 2.05) is 78.3 Å². The van der Waals surface area contributed by atoms with Gasteiger partial charge in [0.15, 0.2) is 0 Å². The van der Waals surface area contributed by atoms with Crippen LogP contribution in [0.25, 0.3) is 16.9 Å². The fourth-order valence-electron chi connectivity index (χ4n) is 5.31. The van der Waals surface area contributed by atoms with Crippen molar-refractivity contribution in [2.24, 2.45) is 0 Å². The number of para-hydroxylation sites is 1. The van der Waals surface area contributed by atoms with Gasteiger partial charge in [0.25, 0.3) is 0 Å². The Morgan fingerprint density at radius 1 is 1.05 bits per heavy atom. The smallest absolute Gasteiger partial charge is 0.240 e. The number of nitrogens with one attached hydrogen (secondary N) is 1. The molecule has 1 aromatic heterocycles. The van der Waals surface area contributed by atoms with Gasteiger partial charge in [-0.2, -0.15) is 5.10 Å². The van der Waals surface area contributed by atoms with E-state index < -0.39 is 0 Å². The first-order valence-corrected chi connectivity index (χ1v) is 14.6. The van der Waals surface area contributed by atoms with Gasteiger partial charge < -0.3 is 10.1 Å². The van der Waals surface area contributed by atoms with Gasteiger partial charge in [0.2, 0.25) is 11.8 Å². The van der Waals surface area contributed by atoms with Crippen LogP contribution in [0.15, 0.2) is 72.8 Å². The minimum Gasteiger partial charge on any atom is -0.496 e. The lowest BCUT2D eigenvalue weighted by molar-refractivity contribution is -0.123. The quantitative estimate of drug-likeness (QED) is 0.322. The van der Waals surface area contributed by atoms with Gasteiger partial charge in [-0.05, 0) is 44.4 Å². The summed E-state index contributed by atoms with van der Waals surface area (Å²) in [6.07, 6.45) is 1.96. The number of aromatic nitrogens is 2. The van der Waals surface area contributed by atoms with E-state index in [-0.39, 0.29) is 35.4 Å². The number of amides is 2. The Kier molecular flexibility index (Phi) is 7.11. The van der Waals surface area contributed by atoms with Gasteiger partial charge in [-0.3, -0.25) is 14.5 Å². The van der Waals surface area contributed by atoms with Crippen LogP contribution in [0.1, 0.15) is 40.3 Å². The molecule has 0 bridgehead atoms. The Bertz CT molecular complexity index is 1580. The molecule has 1 N–H and O–H groups in total. The monoisotopic (exact) mass is 552 g/mol. The molecule has 1 aliphatic carbocycles. The first kappa shape index (κ1) is 26.2. The van der Waals surface area contributed by atoms with Gasteiger partial charge in [0.1, 0.15) is 18.1 Å². The number of rotatable bonds is 7. The molecule has 2 amide bonds. The number of carbonyl (C=O) groups excluding carboxylic acids is 2. The van der Waals surface area contributed by atoms with Gasteiger partial charge in [-0.1, -0.05) is 66.2 Å². The first-order valence-electron chi connectivity index (χ1n) is 13.5. The molecule has 1 saturated carbocycles. The van der Waals surface area contributed by atoms with Crippen LogP contribution in [0.3, 0.4) is 0 Å². The molecule has 1 fully saturated rings. The van der Waals surface area contributed by atoms with Crippen LogP contribution in [-0.2, 0) is 9.59 Å². The van der Waals surface area contributed by atoms with Gasteiger partial charge in [0, 0.05) is 22.7 Å². The van der Waals surface area contributed by atoms with Crippen molar-refractivity contribution in [3.05, 3.63) is 95.1 Å². The predicted octanol–water partition coefficient (Wildman–Crippen LogP) is 5.61. The number of hydrogen-bond donors (Lipinski definition) is 1. The lowest BCUT2D eigenvalue weighted by Gasteiger charge is -2.24. The molecule has 0 saturated heterocycles. The Morgan fingerprint density at radius 2 is 1.80 bits per heavy atom. The third-order valence-electron chi connectivity index (χ3n) is 7.38. The molecule has 6 rings (SSSR count). The molecule has 3 aromatic carbocycles. The van der Waals surface area contributed by atoms with Crippen molar-refractivity contribution < 1.29 is 14.3 Å². The lowest BCUT2D eigenvalue weighted by atomic mass is 9.99. The maximum atomic E-state index is 13.9. The van der Waals surface area contributed by atoms with E-state index in [9.17, 15) is 9.59 Å². The minimum atomic E-state index is -0.249. The summed E-state index contributed by atoms with van der Waals surface area (Å²) in [5.74, 6) is 1.31. The number of aryl methyl sites for hydroxylation is 2. The van der Waals surface area contributed by atoms with Crippen molar-refractivity contribution >= 4 is 29.4 Å². The van der Waals surface area contributed by atoms with E-state index >= 15 is 0 Å². The molecule has 7 nitrogen and oxygen atoms in total. The highest BCUT2D eigenvalue weighted by atomic mass is 32.2. The fourth-order valence-corrected chi connectivity index (χ4v) is 6.54. The van der Waals surface area contributed by atoms with E-state index in [0.29, 0.717) is 5.82 Å². The van der Waals surface area contributed by atoms with Gasteiger partial charge >= 0.3 is 0 Å². The summed E-state index contributed by atoms with van der Waals surface area (Å²) >= 11 is 1.54. The van der Waals surface area contributed by atoms with Crippen LogP contribution in [0.5, 0.6) is 5.75 Å². The lowest BCUT2D eigenvalue weighted by Crippen LogP contribution is -2.43. The Morgan fingerprint density at radius 3 is 2.52 bits per heavy atom. The minimum absolute atomic E-state index is 0.0631. The molecule has 0 radical (unpaired) electrons. The molecule has 40 heavy (non-hydrogen) atoms. The zero-order chi connectivity index (χ0) is 27.8. The molecule has 204 valence electrons. The summed E-state index contributed by atoms with van der Waals surface area (Å²) < 4.78 is 7.65. The highest BCUT2D eigenvalue weighted by Crippen LogP contribution is 2.50. The summed E-state index contributed by atoms with van der Waals surface area (Å²) in [7, 11) is 1.66. The number of hydrogen-bond acceptors (Lipinski definition) is 5. The molecule has 0 unspecified atom stereocenters. The number of methoxy groups -OCH3 is 1. The fraction of sp³-hybridized carbons (Fsp3) is 0.281. The molecule has 0 spiro atoms. The molecule has 4 aromatic rings. The number of ether oxygens (including phenoxy) is 1. The second-order valence-corrected chi connectivity index (χ2v) is 11.5. The average molecular weight is 553 g/mol. The normalized spacial score (nSPS) is 16.8. The highest BCUT2D eigenvalue weighted by molar-refractivity contribution is 8.00. The summed E-state index contributed by atoms with van der Waals surface area (Å²) in [6.45, 7) is 4.04. The predicted molar refractivity (Wildman–Crippen MR) is 159 cm³/mol.